The number of ether oxygens (including phenoxy) is 2. The first-order valence-corrected chi connectivity index (χ1v) is 7.62. The van der Waals surface area contributed by atoms with Crippen LogP contribution in [-0.2, 0) is 15.1 Å². The molecule has 0 bridgehead atoms. The third kappa shape index (κ3) is 1.74. The maximum absolute atomic E-state index is 12.5. The van der Waals surface area contributed by atoms with Crippen molar-refractivity contribution in [1.29, 1.82) is 0 Å². The number of benzene rings is 1. The maximum Gasteiger partial charge on any atom is 0.322 e. The normalized spacial score (nSPS) is 33.8. The number of halogens is 1. The Morgan fingerprint density at radius 3 is 2.95 bits per heavy atom. The molecular formula is C14H13BrN2O4. The van der Waals surface area contributed by atoms with Crippen LogP contribution in [0.2, 0.25) is 0 Å². The minimum absolute atomic E-state index is 0.239. The molecule has 1 aromatic carbocycles. The van der Waals surface area contributed by atoms with Gasteiger partial charge in [-0.2, -0.15) is 0 Å². The third-order valence-corrected chi connectivity index (χ3v) is 4.73. The van der Waals surface area contributed by atoms with Crippen molar-refractivity contribution in [3.8, 4) is 5.75 Å². The van der Waals surface area contributed by atoms with Crippen molar-refractivity contribution in [2.75, 3.05) is 6.61 Å². The van der Waals surface area contributed by atoms with Gasteiger partial charge in [-0.25, -0.2) is 4.79 Å². The van der Waals surface area contributed by atoms with E-state index >= 15 is 0 Å². The van der Waals surface area contributed by atoms with E-state index in [2.05, 4.69) is 26.6 Å². The lowest BCUT2D eigenvalue weighted by Crippen LogP contribution is -2.63. The number of rotatable bonds is 0. The zero-order valence-electron chi connectivity index (χ0n) is 11.0. The van der Waals surface area contributed by atoms with Crippen molar-refractivity contribution >= 4 is 27.9 Å². The van der Waals surface area contributed by atoms with E-state index in [4.69, 9.17) is 9.47 Å². The van der Waals surface area contributed by atoms with Gasteiger partial charge in [0.15, 0.2) is 5.54 Å². The van der Waals surface area contributed by atoms with Gasteiger partial charge in [-0.1, -0.05) is 15.9 Å². The summed E-state index contributed by atoms with van der Waals surface area (Å²) in [6, 6.07) is 4.96. The van der Waals surface area contributed by atoms with E-state index in [1.54, 1.807) is 6.07 Å². The molecule has 2 saturated heterocycles. The largest absolute Gasteiger partial charge is 0.487 e. The van der Waals surface area contributed by atoms with E-state index in [1.165, 1.54) is 0 Å². The number of fused-ring (bicyclic) bond motifs is 4. The molecule has 3 heterocycles. The summed E-state index contributed by atoms with van der Waals surface area (Å²) in [6.45, 7) is 0.554. The van der Waals surface area contributed by atoms with Crippen LogP contribution >= 0.6 is 15.9 Å². The molecule has 110 valence electrons. The van der Waals surface area contributed by atoms with Gasteiger partial charge in [-0.05, 0) is 31.0 Å². The Hall–Kier alpha value is -1.60. The minimum Gasteiger partial charge on any atom is -0.487 e. The number of imide groups is 1. The third-order valence-electron chi connectivity index (χ3n) is 4.24. The Bertz CT molecular complexity index is 650. The Morgan fingerprint density at radius 1 is 1.33 bits per heavy atom. The molecule has 6 nitrogen and oxygen atoms in total. The average molecular weight is 353 g/mol. The summed E-state index contributed by atoms with van der Waals surface area (Å²) in [5, 5.41) is 5.11. The number of hydrogen-bond donors (Lipinski definition) is 2. The smallest absolute Gasteiger partial charge is 0.322 e. The fourth-order valence-corrected chi connectivity index (χ4v) is 3.73. The summed E-state index contributed by atoms with van der Waals surface area (Å²) < 4.78 is 12.6. The van der Waals surface area contributed by atoms with Crippen molar-refractivity contribution in [2.45, 2.75) is 30.6 Å². The van der Waals surface area contributed by atoms with Crippen LogP contribution in [0.4, 0.5) is 4.79 Å². The Morgan fingerprint density at radius 2 is 2.19 bits per heavy atom. The first kappa shape index (κ1) is 13.1. The Balaban J connectivity index is 1.94. The molecule has 1 aromatic rings. The number of carbonyl (C=O) groups excluding carboxylic acids is 2. The van der Waals surface area contributed by atoms with Gasteiger partial charge in [0.25, 0.3) is 5.91 Å². The van der Waals surface area contributed by atoms with E-state index in [0.29, 0.717) is 17.9 Å². The standard InChI is InChI=1S/C14H13BrN2O4/c15-7-3-4-9-8(6-7)14(12(18)16-13(19)17-14)11-10(21-9)2-1-5-20-11/h3-4,6,10-11H,1-2,5H2,(H2,16,17,18,19). The van der Waals surface area contributed by atoms with Crippen molar-refractivity contribution in [2.24, 2.45) is 0 Å². The van der Waals surface area contributed by atoms with Gasteiger partial charge in [0.1, 0.15) is 18.0 Å². The van der Waals surface area contributed by atoms with Crippen LogP contribution in [0.15, 0.2) is 22.7 Å². The van der Waals surface area contributed by atoms with Crippen LogP contribution in [-0.4, -0.2) is 30.8 Å². The first-order chi connectivity index (χ1) is 10.1. The highest BCUT2D eigenvalue weighted by Gasteiger charge is 2.61. The molecule has 0 saturated carbocycles. The molecule has 21 heavy (non-hydrogen) atoms. The van der Waals surface area contributed by atoms with Gasteiger partial charge in [0, 0.05) is 16.6 Å². The monoisotopic (exact) mass is 352 g/mol. The molecule has 0 radical (unpaired) electrons. The highest BCUT2D eigenvalue weighted by Crippen LogP contribution is 2.45. The van der Waals surface area contributed by atoms with E-state index in [0.717, 1.165) is 17.3 Å². The highest BCUT2D eigenvalue weighted by atomic mass is 79.9. The number of nitrogens with one attached hydrogen (secondary N) is 2. The van der Waals surface area contributed by atoms with Crippen molar-refractivity contribution in [1.82, 2.24) is 10.6 Å². The number of urea groups is 1. The summed E-state index contributed by atoms with van der Waals surface area (Å²) in [5.74, 6) is 0.231. The molecule has 7 heteroatoms. The molecule has 0 aliphatic carbocycles. The Labute approximate surface area is 129 Å². The molecule has 2 fully saturated rings. The second kappa shape index (κ2) is 4.45. The van der Waals surface area contributed by atoms with Gasteiger partial charge < -0.3 is 14.8 Å². The summed E-state index contributed by atoms with van der Waals surface area (Å²) >= 11 is 3.40. The molecule has 3 aliphatic rings. The van der Waals surface area contributed by atoms with Crippen molar-refractivity contribution in [3.63, 3.8) is 0 Å². The van der Waals surface area contributed by atoms with Crippen LogP contribution in [0.1, 0.15) is 18.4 Å². The zero-order chi connectivity index (χ0) is 14.6. The molecule has 3 atom stereocenters. The lowest BCUT2D eigenvalue weighted by atomic mass is 9.77. The average Bonchev–Trinajstić information content (AvgIpc) is 2.76. The summed E-state index contributed by atoms with van der Waals surface area (Å²) in [5.41, 5.74) is -0.581. The second-order valence-corrected chi connectivity index (χ2v) is 6.36. The predicted octanol–water partition coefficient (Wildman–Crippen LogP) is 1.42. The molecule has 0 aromatic heterocycles. The zero-order valence-corrected chi connectivity index (χ0v) is 12.6. The predicted molar refractivity (Wildman–Crippen MR) is 75.9 cm³/mol. The van der Waals surface area contributed by atoms with Gasteiger partial charge in [-0.15, -0.1) is 0 Å². The van der Waals surface area contributed by atoms with Crippen molar-refractivity contribution < 1.29 is 19.1 Å². The summed E-state index contributed by atoms with van der Waals surface area (Å²) in [7, 11) is 0. The van der Waals surface area contributed by atoms with Gasteiger partial charge >= 0.3 is 6.03 Å². The molecule has 3 aliphatic heterocycles. The van der Waals surface area contributed by atoms with Crippen LogP contribution < -0.4 is 15.4 Å². The fraction of sp³-hybridized carbons (Fsp3) is 0.429. The quantitative estimate of drug-likeness (QED) is 0.692. The van der Waals surface area contributed by atoms with Gasteiger partial charge in [0.05, 0.1) is 0 Å². The molecule has 3 amide bonds. The molecule has 3 unspecified atom stereocenters. The summed E-state index contributed by atoms with van der Waals surface area (Å²) in [4.78, 5) is 24.3. The maximum atomic E-state index is 12.5. The number of hydrogen-bond acceptors (Lipinski definition) is 4. The van der Waals surface area contributed by atoms with E-state index in [-0.39, 0.29) is 12.0 Å². The highest BCUT2D eigenvalue weighted by molar-refractivity contribution is 9.10. The SMILES string of the molecule is O=C1NC(=O)C2(N1)c1cc(Br)ccc1OC1CCCOC12. The Kier molecular flexibility index (Phi) is 2.77. The van der Waals surface area contributed by atoms with Gasteiger partial charge in [-0.3, -0.25) is 10.1 Å². The molecule has 4 rings (SSSR count). The number of carbonyl (C=O) groups is 2. The van der Waals surface area contributed by atoms with Crippen LogP contribution in [0.3, 0.4) is 0 Å². The van der Waals surface area contributed by atoms with Crippen LogP contribution in [0, 0.1) is 0 Å². The first-order valence-electron chi connectivity index (χ1n) is 6.83. The lowest BCUT2D eigenvalue weighted by Gasteiger charge is -2.46. The van der Waals surface area contributed by atoms with Gasteiger partial charge in [0.2, 0.25) is 0 Å². The topological polar surface area (TPSA) is 76.7 Å². The van der Waals surface area contributed by atoms with Crippen molar-refractivity contribution in [3.05, 3.63) is 28.2 Å². The second-order valence-electron chi connectivity index (χ2n) is 5.45. The number of amides is 3. The molecule has 1 spiro atoms. The molecular weight excluding hydrogens is 340 g/mol. The fourth-order valence-electron chi connectivity index (χ4n) is 3.37. The van der Waals surface area contributed by atoms with Crippen LogP contribution in [0.5, 0.6) is 5.75 Å². The molecule has 2 N–H and O–H groups in total. The van der Waals surface area contributed by atoms with E-state index in [1.807, 2.05) is 12.1 Å². The van der Waals surface area contributed by atoms with E-state index in [9.17, 15) is 9.59 Å². The minimum atomic E-state index is -1.21. The van der Waals surface area contributed by atoms with Crippen LogP contribution in [0.25, 0.3) is 0 Å². The lowest BCUT2D eigenvalue weighted by molar-refractivity contribution is -0.148. The van der Waals surface area contributed by atoms with E-state index < -0.39 is 17.7 Å². The summed E-state index contributed by atoms with van der Waals surface area (Å²) in [6.07, 6.45) is 0.917.